The number of likely N-dealkylation sites (tertiary alicyclic amines) is 1. The molecule has 138 valence electrons. The van der Waals surface area contributed by atoms with Crippen LogP contribution in [0.25, 0.3) is 0 Å². The lowest BCUT2D eigenvalue weighted by atomic mass is 10.1. The quantitative estimate of drug-likeness (QED) is 0.802. The maximum atomic E-state index is 12.4. The van der Waals surface area contributed by atoms with Crippen molar-refractivity contribution in [2.75, 3.05) is 26.7 Å². The Kier molecular flexibility index (Phi) is 6.53. The highest BCUT2D eigenvalue weighted by molar-refractivity contribution is 6.30. The third-order valence-electron chi connectivity index (χ3n) is 4.83. The molecule has 5 heteroatoms. The number of rotatable bonds is 7. The first-order valence-corrected chi connectivity index (χ1v) is 9.42. The molecule has 0 aromatic heterocycles. The Balaban J connectivity index is 1.62. The zero-order valence-electron chi connectivity index (χ0n) is 15.1. The van der Waals surface area contributed by atoms with Crippen LogP contribution in [0.3, 0.4) is 0 Å². The number of halogens is 1. The molecule has 26 heavy (non-hydrogen) atoms. The van der Waals surface area contributed by atoms with Gasteiger partial charge in [-0.3, -0.25) is 9.69 Å². The summed E-state index contributed by atoms with van der Waals surface area (Å²) in [7, 11) is 1.63. The van der Waals surface area contributed by atoms with Crippen molar-refractivity contribution >= 4 is 17.5 Å². The molecule has 1 aliphatic rings. The predicted octanol–water partition coefficient (Wildman–Crippen LogP) is 3.84. The number of hydrogen-bond donors (Lipinski definition) is 1. The normalized spacial score (nSPS) is 15.6. The van der Waals surface area contributed by atoms with E-state index in [1.807, 2.05) is 42.5 Å². The lowest BCUT2D eigenvalue weighted by molar-refractivity contribution is -0.120. The molecule has 1 heterocycles. The molecule has 1 fully saturated rings. The Morgan fingerprint density at radius 2 is 1.92 bits per heavy atom. The number of carbonyl (C=O) groups is 1. The van der Waals surface area contributed by atoms with Crippen molar-refractivity contribution in [2.45, 2.75) is 25.3 Å². The average molecular weight is 373 g/mol. The van der Waals surface area contributed by atoms with Gasteiger partial charge in [-0.05, 0) is 61.3 Å². The predicted molar refractivity (Wildman–Crippen MR) is 105 cm³/mol. The fourth-order valence-corrected chi connectivity index (χ4v) is 3.63. The Bertz CT molecular complexity index is 727. The third-order valence-corrected chi connectivity index (χ3v) is 5.07. The van der Waals surface area contributed by atoms with Gasteiger partial charge in [0.1, 0.15) is 5.75 Å². The minimum atomic E-state index is 0.0291. The summed E-state index contributed by atoms with van der Waals surface area (Å²) in [6, 6.07) is 15.7. The van der Waals surface area contributed by atoms with Gasteiger partial charge in [-0.15, -0.1) is 0 Å². The van der Waals surface area contributed by atoms with Gasteiger partial charge in [0, 0.05) is 11.6 Å². The van der Waals surface area contributed by atoms with E-state index in [0.29, 0.717) is 13.0 Å². The first-order chi connectivity index (χ1) is 12.7. The van der Waals surface area contributed by atoms with E-state index in [0.717, 1.165) is 35.0 Å². The van der Waals surface area contributed by atoms with Gasteiger partial charge in [-0.1, -0.05) is 35.9 Å². The zero-order chi connectivity index (χ0) is 18.4. The van der Waals surface area contributed by atoms with Crippen molar-refractivity contribution in [2.24, 2.45) is 0 Å². The number of methoxy groups -OCH3 is 1. The number of nitrogens with one attached hydrogen (secondary N) is 1. The second-order valence-corrected chi connectivity index (χ2v) is 7.08. The highest BCUT2D eigenvalue weighted by Gasteiger charge is 2.24. The molecule has 0 saturated carbocycles. The highest BCUT2D eigenvalue weighted by atomic mass is 35.5. The topological polar surface area (TPSA) is 41.6 Å². The van der Waals surface area contributed by atoms with Crippen LogP contribution < -0.4 is 10.1 Å². The van der Waals surface area contributed by atoms with Crippen molar-refractivity contribution in [3.8, 4) is 5.75 Å². The summed E-state index contributed by atoms with van der Waals surface area (Å²) in [5.41, 5.74) is 2.13. The first-order valence-electron chi connectivity index (χ1n) is 9.05. The Morgan fingerprint density at radius 3 is 2.58 bits per heavy atom. The summed E-state index contributed by atoms with van der Waals surface area (Å²) >= 11 is 6.17. The molecular weight excluding hydrogens is 348 g/mol. The van der Waals surface area contributed by atoms with Crippen LogP contribution in [0, 0.1) is 0 Å². The largest absolute Gasteiger partial charge is 0.497 e. The van der Waals surface area contributed by atoms with Gasteiger partial charge in [0.05, 0.1) is 19.6 Å². The highest BCUT2D eigenvalue weighted by Crippen LogP contribution is 2.26. The van der Waals surface area contributed by atoms with Gasteiger partial charge < -0.3 is 10.1 Å². The van der Waals surface area contributed by atoms with Crippen molar-refractivity contribution in [3.05, 3.63) is 64.7 Å². The second-order valence-electron chi connectivity index (χ2n) is 6.64. The molecule has 0 aliphatic carbocycles. The van der Waals surface area contributed by atoms with Crippen LogP contribution in [0.1, 0.15) is 30.0 Å². The van der Waals surface area contributed by atoms with Crippen LogP contribution in [0.4, 0.5) is 0 Å². The Morgan fingerprint density at radius 1 is 1.19 bits per heavy atom. The van der Waals surface area contributed by atoms with Crippen LogP contribution in [-0.2, 0) is 11.2 Å². The molecule has 0 bridgehead atoms. The second kappa shape index (κ2) is 9.06. The first kappa shape index (κ1) is 18.7. The summed E-state index contributed by atoms with van der Waals surface area (Å²) in [6.07, 6.45) is 2.78. The molecule has 3 rings (SSSR count). The molecule has 1 atom stereocenters. The van der Waals surface area contributed by atoms with E-state index >= 15 is 0 Å². The SMILES string of the molecule is COc1ccc(CC(=O)NCC(c2cccc(Cl)c2)N2CCCC2)cc1. The summed E-state index contributed by atoms with van der Waals surface area (Å²) in [5.74, 6) is 0.825. The molecule has 4 nitrogen and oxygen atoms in total. The van der Waals surface area contributed by atoms with E-state index in [4.69, 9.17) is 16.3 Å². The fourth-order valence-electron chi connectivity index (χ4n) is 3.43. The summed E-state index contributed by atoms with van der Waals surface area (Å²) < 4.78 is 5.15. The molecule has 1 unspecified atom stereocenters. The van der Waals surface area contributed by atoms with Gasteiger partial charge in [0.15, 0.2) is 0 Å². The van der Waals surface area contributed by atoms with Gasteiger partial charge in [0.2, 0.25) is 5.91 Å². The molecule has 1 saturated heterocycles. The molecule has 1 aliphatic heterocycles. The van der Waals surface area contributed by atoms with E-state index in [2.05, 4.69) is 16.3 Å². The number of hydrogen-bond acceptors (Lipinski definition) is 3. The Hall–Kier alpha value is -2.04. The van der Waals surface area contributed by atoms with Crippen molar-refractivity contribution in [1.82, 2.24) is 10.2 Å². The molecule has 0 radical (unpaired) electrons. The van der Waals surface area contributed by atoms with E-state index < -0.39 is 0 Å². The van der Waals surface area contributed by atoms with Crippen LogP contribution in [-0.4, -0.2) is 37.6 Å². The van der Waals surface area contributed by atoms with Gasteiger partial charge in [-0.2, -0.15) is 0 Å². The van der Waals surface area contributed by atoms with Crippen molar-refractivity contribution in [3.63, 3.8) is 0 Å². The summed E-state index contributed by atoms with van der Waals surface area (Å²) in [5, 5.41) is 3.83. The molecule has 2 aromatic carbocycles. The van der Waals surface area contributed by atoms with Crippen LogP contribution in [0.5, 0.6) is 5.75 Å². The van der Waals surface area contributed by atoms with Gasteiger partial charge in [-0.25, -0.2) is 0 Å². The van der Waals surface area contributed by atoms with Gasteiger partial charge >= 0.3 is 0 Å². The van der Waals surface area contributed by atoms with Crippen molar-refractivity contribution < 1.29 is 9.53 Å². The number of benzene rings is 2. The smallest absolute Gasteiger partial charge is 0.224 e. The molecule has 1 N–H and O–H groups in total. The molecule has 1 amide bonds. The Labute approximate surface area is 160 Å². The molecular formula is C21H25ClN2O2. The van der Waals surface area contributed by atoms with Crippen molar-refractivity contribution in [1.29, 1.82) is 0 Å². The zero-order valence-corrected chi connectivity index (χ0v) is 15.8. The number of ether oxygens (including phenoxy) is 1. The van der Waals surface area contributed by atoms with E-state index in [1.165, 1.54) is 12.8 Å². The minimum absolute atomic E-state index is 0.0291. The number of amides is 1. The third kappa shape index (κ3) is 4.99. The lowest BCUT2D eigenvalue weighted by Crippen LogP contribution is -2.37. The monoisotopic (exact) mass is 372 g/mol. The van der Waals surface area contributed by atoms with Gasteiger partial charge in [0.25, 0.3) is 0 Å². The fraction of sp³-hybridized carbons (Fsp3) is 0.381. The average Bonchev–Trinajstić information content (AvgIpc) is 3.17. The minimum Gasteiger partial charge on any atom is -0.497 e. The maximum Gasteiger partial charge on any atom is 0.224 e. The van der Waals surface area contributed by atoms with Crippen LogP contribution >= 0.6 is 11.6 Å². The summed E-state index contributed by atoms with van der Waals surface area (Å²) in [4.78, 5) is 14.8. The number of carbonyl (C=O) groups excluding carboxylic acids is 1. The summed E-state index contributed by atoms with van der Waals surface area (Å²) in [6.45, 7) is 2.71. The van der Waals surface area contributed by atoms with E-state index in [9.17, 15) is 4.79 Å². The van der Waals surface area contributed by atoms with E-state index in [1.54, 1.807) is 7.11 Å². The van der Waals surface area contributed by atoms with Crippen LogP contribution in [0.2, 0.25) is 5.02 Å². The van der Waals surface area contributed by atoms with Crippen LogP contribution in [0.15, 0.2) is 48.5 Å². The number of nitrogens with zero attached hydrogens (tertiary/aromatic N) is 1. The molecule has 0 spiro atoms. The lowest BCUT2D eigenvalue weighted by Gasteiger charge is -2.28. The maximum absolute atomic E-state index is 12.4. The standard InChI is InChI=1S/C21H25ClN2O2/c1-26-19-9-7-16(8-10-19)13-21(25)23-15-20(24-11-2-3-12-24)17-5-4-6-18(22)14-17/h4-10,14,20H,2-3,11-13,15H2,1H3,(H,23,25). The molecule has 2 aromatic rings. The van der Waals surface area contributed by atoms with E-state index in [-0.39, 0.29) is 11.9 Å².